The molecule has 3 N–H and O–H groups in total. The van der Waals surface area contributed by atoms with Gasteiger partial charge in [0.25, 0.3) is 0 Å². The van der Waals surface area contributed by atoms with Crippen LogP contribution in [-0.2, 0) is 23.2 Å². The standard InChI is InChI=1S/C46H53N11O4S/c1-29(2)43(46(60)57-19-9-11-38(57)45(59)50-25-31-13-15-32(16-14-31)44-30(3)51-28-62-44)41-23-35(54-61-41)33(26-48-5)27-49-18-21-56(20-17-47-4)42-24-37-39(55(42)6)22-36(52-53-37)34-10-7-8-12-40(34)58/h7-8,10,12-16,22-24,26-29,38,43,47,58H,5,9,11,17-21,25H2,1-4,6H3,(H,50,59)/b33-26+,49-27?. The molecule has 2 unspecified atom stereocenters. The summed E-state index contributed by atoms with van der Waals surface area (Å²) >= 11 is 1.60. The first kappa shape index (κ1) is 43.6. The van der Waals surface area contributed by atoms with Crippen molar-refractivity contribution < 1.29 is 19.2 Å². The van der Waals surface area contributed by atoms with Crippen LogP contribution in [0.15, 0.2) is 92.9 Å². The average Bonchev–Trinajstić information content (AvgIpc) is 4.10. The monoisotopic (exact) mass is 855 g/mol. The molecule has 2 aromatic carbocycles. The number of carbonyl (C=O) groups excluding carboxylic acids is 2. The number of aliphatic imine (C=N–C) groups is 2. The second-order valence-corrected chi connectivity index (χ2v) is 16.5. The predicted molar refractivity (Wildman–Crippen MR) is 246 cm³/mol. The number of carbonyl (C=O) groups is 2. The molecule has 6 aromatic rings. The molecule has 4 aromatic heterocycles. The lowest BCUT2D eigenvalue weighted by molar-refractivity contribution is -0.140. The Morgan fingerprint density at radius 3 is 2.65 bits per heavy atom. The van der Waals surface area contributed by atoms with Gasteiger partial charge in [0, 0.05) is 75.5 Å². The summed E-state index contributed by atoms with van der Waals surface area (Å²) in [6, 6.07) is 20.3. The van der Waals surface area contributed by atoms with Crippen molar-refractivity contribution in [3.05, 3.63) is 101 Å². The Morgan fingerprint density at radius 2 is 1.92 bits per heavy atom. The SMILES string of the molecule is C=N/C=C(\C=NCCN(CCNC)c1cc2nnc(-c3ccccc3O)cc2n1C)c1cc(C(C(=O)N2CCCC2C(=O)NCc2ccc(-c3scnc3C)cc2)C(C)C)on1. The molecule has 0 saturated carbocycles. The Balaban J connectivity index is 1.00. The second-order valence-electron chi connectivity index (χ2n) is 15.7. The molecule has 322 valence electrons. The predicted octanol–water partition coefficient (Wildman–Crippen LogP) is 6.65. The van der Waals surface area contributed by atoms with Gasteiger partial charge in [0.15, 0.2) is 0 Å². The minimum absolute atomic E-state index is 0.132. The molecule has 2 atom stereocenters. The topological polar surface area (TPSA) is 179 Å². The number of likely N-dealkylation sites (tertiary alicyclic amines) is 1. The van der Waals surface area contributed by atoms with Crippen LogP contribution >= 0.6 is 11.3 Å². The van der Waals surface area contributed by atoms with Gasteiger partial charge >= 0.3 is 0 Å². The van der Waals surface area contributed by atoms with Crippen molar-refractivity contribution in [2.24, 2.45) is 23.0 Å². The lowest BCUT2D eigenvalue weighted by Gasteiger charge is -2.29. The van der Waals surface area contributed by atoms with E-state index in [1.807, 2.05) is 88.9 Å². The van der Waals surface area contributed by atoms with Crippen LogP contribution in [0.1, 0.15) is 55.3 Å². The van der Waals surface area contributed by atoms with Gasteiger partial charge in [-0.2, -0.15) is 0 Å². The molecule has 16 heteroatoms. The molecule has 0 radical (unpaired) electrons. The molecule has 1 fully saturated rings. The molecule has 1 saturated heterocycles. The number of phenolic OH excluding ortho intramolecular Hbond substituents is 1. The molecule has 1 aliphatic rings. The first-order valence-electron chi connectivity index (χ1n) is 20.8. The number of aryl methyl sites for hydroxylation is 2. The van der Waals surface area contributed by atoms with Crippen LogP contribution in [0.4, 0.5) is 5.82 Å². The zero-order valence-electron chi connectivity index (χ0n) is 35.8. The lowest BCUT2D eigenvalue weighted by Crippen LogP contribution is -2.47. The summed E-state index contributed by atoms with van der Waals surface area (Å²) in [5.41, 5.74) is 8.79. The van der Waals surface area contributed by atoms with E-state index in [4.69, 9.17) is 9.52 Å². The van der Waals surface area contributed by atoms with E-state index in [9.17, 15) is 14.7 Å². The Kier molecular flexibility index (Phi) is 14.0. The first-order valence-corrected chi connectivity index (χ1v) is 21.7. The lowest BCUT2D eigenvalue weighted by atomic mass is 9.91. The van der Waals surface area contributed by atoms with Crippen LogP contribution in [0.25, 0.3) is 38.3 Å². The van der Waals surface area contributed by atoms with Crippen molar-refractivity contribution in [2.75, 3.05) is 44.7 Å². The fourth-order valence-electron chi connectivity index (χ4n) is 7.87. The number of nitrogens with zero attached hydrogens (tertiary/aromatic N) is 9. The molecule has 0 bridgehead atoms. The van der Waals surface area contributed by atoms with Crippen molar-refractivity contribution in [1.82, 2.24) is 40.4 Å². The van der Waals surface area contributed by atoms with E-state index in [-0.39, 0.29) is 23.5 Å². The van der Waals surface area contributed by atoms with Gasteiger partial charge in [-0.15, -0.1) is 21.5 Å². The summed E-state index contributed by atoms with van der Waals surface area (Å²) in [5.74, 6) is 0.391. The summed E-state index contributed by atoms with van der Waals surface area (Å²) in [4.78, 5) is 46.0. The van der Waals surface area contributed by atoms with Crippen LogP contribution < -0.4 is 15.5 Å². The third-order valence-electron chi connectivity index (χ3n) is 11.2. The Bertz CT molecular complexity index is 2570. The van der Waals surface area contributed by atoms with Crippen LogP contribution in [-0.4, -0.2) is 105 Å². The van der Waals surface area contributed by atoms with Crippen LogP contribution in [0.3, 0.4) is 0 Å². The largest absolute Gasteiger partial charge is 0.507 e. The molecule has 7 rings (SSSR count). The Labute approximate surface area is 365 Å². The number of likely N-dealkylation sites (N-methyl/N-ethyl adjacent to an activating group) is 1. The fourth-order valence-corrected chi connectivity index (χ4v) is 8.68. The van der Waals surface area contributed by atoms with E-state index in [1.54, 1.807) is 46.9 Å². The van der Waals surface area contributed by atoms with E-state index in [0.29, 0.717) is 67.4 Å². The number of nitrogens with one attached hydrogen (secondary N) is 2. The van der Waals surface area contributed by atoms with Crippen molar-refractivity contribution in [1.29, 1.82) is 0 Å². The summed E-state index contributed by atoms with van der Waals surface area (Å²) in [6.07, 6.45) is 4.58. The maximum Gasteiger partial charge on any atom is 0.243 e. The number of amides is 2. The van der Waals surface area contributed by atoms with Crippen molar-refractivity contribution >= 4 is 58.5 Å². The number of rotatable bonds is 18. The number of anilines is 1. The highest BCUT2D eigenvalue weighted by Crippen LogP contribution is 2.34. The Hall–Kier alpha value is -6.52. The van der Waals surface area contributed by atoms with Gasteiger partial charge in [0.1, 0.15) is 40.5 Å². The fraction of sp³-hybridized carbons (Fsp3) is 0.348. The van der Waals surface area contributed by atoms with Gasteiger partial charge in [-0.3, -0.25) is 19.6 Å². The van der Waals surface area contributed by atoms with Gasteiger partial charge < -0.3 is 34.6 Å². The van der Waals surface area contributed by atoms with E-state index in [2.05, 4.69) is 52.1 Å². The van der Waals surface area contributed by atoms with Gasteiger partial charge in [-0.1, -0.05) is 55.4 Å². The number of phenols is 1. The van der Waals surface area contributed by atoms with Gasteiger partial charge in [-0.25, -0.2) is 4.98 Å². The summed E-state index contributed by atoms with van der Waals surface area (Å²) in [7, 11) is 3.90. The highest BCUT2D eigenvalue weighted by Gasteiger charge is 2.40. The van der Waals surface area contributed by atoms with E-state index in [0.717, 1.165) is 51.5 Å². The molecule has 0 spiro atoms. The highest BCUT2D eigenvalue weighted by molar-refractivity contribution is 7.13. The van der Waals surface area contributed by atoms with Gasteiger partial charge in [-0.05, 0) is 68.8 Å². The number of thiazole rings is 1. The van der Waals surface area contributed by atoms with E-state index in [1.165, 1.54) is 0 Å². The molecular formula is C46H53N11O4S. The number of allylic oxidation sites excluding steroid dienone is 1. The van der Waals surface area contributed by atoms with E-state index >= 15 is 0 Å². The third-order valence-corrected chi connectivity index (χ3v) is 12.2. The van der Waals surface area contributed by atoms with E-state index < -0.39 is 12.0 Å². The van der Waals surface area contributed by atoms with Crippen LogP contribution in [0, 0.1) is 12.8 Å². The Morgan fingerprint density at radius 1 is 1.11 bits per heavy atom. The quantitative estimate of drug-likeness (QED) is 0.0794. The zero-order chi connectivity index (χ0) is 43.8. The molecule has 15 nitrogen and oxygen atoms in total. The molecule has 0 aliphatic carbocycles. The number of fused-ring (bicyclic) bond motifs is 1. The van der Waals surface area contributed by atoms with Crippen molar-refractivity contribution in [3.63, 3.8) is 0 Å². The first-order chi connectivity index (χ1) is 30.1. The van der Waals surface area contributed by atoms with Gasteiger partial charge in [0.05, 0.1) is 33.8 Å². The maximum atomic E-state index is 14.3. The number of hydrogen-bond acceptors (Lipinski definition) is 13. The van der Waals surface area contributed by atoms with Crippen molar-refractivity contribution in [3.8, 4) is 27.4 Å². The minimum atomic E-state index is -0.650. The summed E-state index contributed by atoms with van der Waals surface area (Å²) in [5, 5.41) is 29.9. The van der Waals surface area contributed by atoms with Gasteiger partial charge in [0.2, 0.25) is 11.8 Å². The number of benzene rings is 2. The van der Waals surface area contributed by atoms with Crippen LogP contribution in [0.2, 0.25) is 0 Å². The summed E-state index contributed by atoms with van der Waals surface area (Å²) < 4.78 is 7.94. The summed E-state index contributed by atoms with van der Waals surface area (Å²) in [6.45, 7) is 12.9. The van der Waals surface area contributed by atoms with Crippen LogP contribution in [0.5, 0.6) is 5.75 Å². The number of aromatic nitrogens is 5. The zero-order valence-corrected chi connectivity index (χ0v) is 36.6. The number of para-hydroxylation sites is 1. The molecule has 62 heavy (non-hydrogen) atoms. The highest BCUT2D eigenvalue weighted by atomic mass is 32.1. The molecule has 2 amide bonds. The minimum Gasteiger partial charge on any atom is -0.507 e. The average molecular weight is 856 g/mol. The molecular weight excluding hydrogens is 803 g/mol. The number of aromatic hydroxyl groups is 1. The third kappa shape index (κ3) is 9.66. The van der Waals surface area contributed by atoms with Crippen molar-refractivity contribution in [2.45, 2.75) is 52.1 Å². The maximum absolute atomic E-state index is 14.3. The molecule has 1 aliphatic heterocycles. The normalized spacial score (nSPS) is 14.9. The smallest absolute Gasteiger partial charge is 0.243 e. The number of hydrogen-bond donors (Lipinski definition) is 3. The molecule has 5 heterocycles. The second kappa shape index (κ2) is 19.9.